The molecule has 1 aliphatic rings. The molecule has 1 rings (SSSR count). The summed E-state index contributed by atoms with van der Waals surface area (Å²) in [6, 6.07) is 0. The van der Waals surface area contributed by atoms with E-state index in [1.165, 1.54) is 11.8 Å². The molecule has 0 aromatic carbocycles. The fraction of sp³-hybridized carbons (Fsp3) is 0.250. The molecule has 1 heterocycles. The maximum Gasteiger partial charge on any atom is 0.311 e. The molecule has 0 unspecified atom stereocenters. The first-order valence-corrected chi connectivity index (χ1v) is 5.86. The molecule has 0 amide bonds. The fourth-order valence-corrected chi connectivity index (χ4v) is 1.99. The summed E-state index contributed by atoms with van der Waals surface area (Å²) in [4.78, 5) is 12.3. The Morgan fingerprint density at radius 3 is 2.88 bits per heavy atom. The highest BCUT2D eigenvalue weighted by Crippen LogP contribution is 2.28. The Hall–Kier alpha value is -1.42. The first kappa shape index (κ1) is 12.6. The van der Waals surface area contributed by atoms with Crippen LogP contribution < -0.4 is 5.32 Å². The van der Waals surface area contributed by atoms with Gasteiger partial charge in [-0.3, -0.25) is 4.79 Å². The van der Waals surface area contributed by atoms with E-state index < -0.39 is 0 Å². The number of thioether (sulfide) groups is 1. The van der Waals surface area contributed by atoms with Crippen molar-refractivity contribution < 1.29 is 9.53 Å². The first-order chi connectivity index (χ1) is 7.71. The SMILES string of the molecule is C=CC1=C(C=C)SC=C(CC(=O)OCC)N1. The molecule has 0 saturated carbocycles. The molecular formula is C12H15NO2S. The van der Waals surface area contributed by atoms with Crippen LogP contribution in [0, 0.1) is 0 Å². The molecule has 3 nitrogen and oxygen atoms in total. The minimum absolute atomic E-state index is 0.229. The second-order valence-electron chi connectivity index (χ2n) is 3.05. The van der Waals surface area contributed by atoms with Gasteiger partial charge in [0.25, 0.3) is 0 Å². The lowest BCUT2D eigenvalue weighted by atomic mass is 10.3. The van der Waals surface area contributed by atoms with E-state index in [2.05, 4.69) is 18.5 Å². The topological polar surface area (TPSA) is 38.3 Å². The van der Waals surface area contributed by atoms with Gasteiger partial charge in [-0.2, -0.15) is 0 Å². The van der Waals surface area contributed by atoms with Crippen molar-refractivity contribution in [3.05, 3.63) is 47.0 Å². The van der Waals surface area contributed by atoms with E-state index in [0.29, 0.717) is 6.61 Å². The monoisotopic (exact) mass is 237 g/mol. The lowest BCUT2D eigenvalue weighted by Gasteiger charge is -2.18. The van der Waals surface area contributed by atoms with Gasteiger partial charge in [0.2, 0.25) is 0 Å². The summed E-state index contributed by atoms with van der Waals surface area (Å²) in [7, 11) is 0. The second-order valence-corrected chi connectivity index (χ2v) is 3.97. The van der Waals surface area contributed by atoms with E-state index in [1.54, 1.807) is 19.1 Å². The van der Waals surface area contributed by atoms with Crippen LogP contribution in [0.1, 0.15) is 13.3 Å². The molecule has 0 aliphatic carbocycles. The molecular weight excluding hydrogens is 222 g/mol. The van der Waals surface area contributed by atoms with Gasteiger partial charge in [-0.15, -0.1) is 0 Å². The summed E-state index contributed by atoms with van der Waals surface area (Å²) < 4.78 is 4.88. The maximum atomic E-state index is 11.3. The number of carbonyl (C=O) groups is 1. The third-order valence-electron chi connectivity index (χ3n) is 1.92. The van der Waals surface area contributed by atoms with Gasteiger partial charge in [-0.1, -0.05) is 31.0 Å². The Kier molecular flexibility index (Phi) is 4.92. The van der Waals surface area contributed by atoms with E-state index in [-0.39, 0.29) is 12.4 Å². The van der Waals surface area contributed by atoms with Crippen LogP contribution in [0.25, 0.3) is 0 Å². The summed E-state index contributed by atoms with van der Waals surface area (Å²) in [5.41, 5.74) is 1.70. The third kappa shape index (κ3) is 3.31. The van der Waals surface area contributed by atoms with Crippen molar-refractivity contribution in [3.8, 4) is 0 Å². The summed E-state index contributed by atoms with van der Waals surface area (Å²) in [6.45, 7) is 9.61. The Balaban J connectivity index is 2.62. The van der Waals surface area contributed by atoms with Crippen LogP contribution in [0.3, 0.4) is 0 Å². The first-order valence-electron chi connectivity index (χ1n) is 4.98. The Morgan fingerprint density at radius 1 is 1.56 bits per heavy atom. The molecule has 0 saturated heterocycles. The molecule has 86 valence electrons. The van der Waals surface area contributed by atoms with Crippen molar-refractivity contribution in [1.82, 2.24) is 5.32 Å². The third-order valence-corrected chi connectivity index (χ3v) is 2.96. The van der Waals surface area contributed by atoms with Crippen LogP contribution in [0.5, 0.6) is 0 Å². The van der Waals surface area contributed by atoms with Gasteiger partial charge < -0.3 is 10.1 Å². The van der Waals surface area contributed by atoms with Gasteiger partial charge >= 0.3 is 5.97 Å². The standard InChI is InChI=1S/C12H15NO2S/c1-4-10-11(5-2)16-8-9(13-10)7-12(14)15-6-3/h4-5,8,13H,1-2,6-7H2,3H3. The summed E-state index contributed by atoms with van der Waals surface area (Å²) >= 11 is 1.52. The number of esters is 1. The van der Waals surface area contributed by atoms with Crippen LogP contribution in [-0.4, -0.2) is 12.6 Å². The smallest absolute Gasteiger partial charge is 0.311 e. The highest BCUT2D eigenvalue weighted by molar-refractivity contribution is 8.06. The molecule has 0 aromatic rings. The molecule has 1 N–H and O–H groups in total. The summed E-state index contributed by atoms with van der Waals surface area (Å²) in [6.07, 6.45) is 3.72. The lowest BCUT2D eigenvalue weighted by Crippen LogP contribution is -2.18. The zero-order chi connectivity index (χ0) is 12.0. The predicted octanol–water partition coefficient (Wildman–Crippen LogP) is 2.70. The number of nitrogens with one attached hydrogen (secondary N) is 1. The van der Waals surface area contributed by atoms with Crippen LogP contribution >= 0.6 is 11.8 Å². The van der Waals surface area contributed by atoms with Crippen molar-refractivity contribution in [1.29, 1.82) is 0 Å². The lowest BCUT2D eigenvalue weighted by molar-refractivity contribution is -0.142. The molecule has 4 heteroatoms. The van der Waals surface area contributed by atoms with Crippen molar-refractivity contribution in [3.63, 3.8) is 0 Å². The van der Waals surface area contributed by atoms with E-state index in [4.69, 9.17) is 4.74 Å². The van der Waals surface area contributed by atoms with Crippen molar-refractivity contribution in [2.24, 2.45) is 0 Å². The molecule has 0 bridgehead atoms. The van der Waals surface area contributed by atoms with E-state index in [0.717, 1.165) is 16.3 Å². The van der Waals surface area contributed by atoms with Crippen LogP contribution in [-0.2, 0) is 9.53 Å². The average Bonchev–Trinajstić information content (AvgIpc) is 2.29. The van der Waals surface area contributed by atoms with Gasteiger partial charge in [0.15, 0.2) is 0 Å². The van der Waals surface area contributed by atoms with Crippen molar-refractivity contribution in [2.45, 2.75) is 13.3 Å². The molecule has 1 aliphatic heterocycles. The molecule has 0 fully saturated rings. The quantitative estimate of drug-likeness (QED) is 0.746. The number of hydrogen-bond acceptors (Lipinski definition) is 4. The van der Waals surface area contributed by atoms with E-state index >= 15 is 0 Å². The largest absolute Gasteiger partial charge is 0.466 e. The van der Waals surface area contributed by atoms with Crippen LogP contribution in [0.4, 0.5) is 0 Å². The Labute approximate surface area is 99.9 Å². The Morgan fingerprint density at radius 2 is 2.31 bits per heavy atom. The zero-order valence-electron chi connectivity index (χ0n) is 9.29. The average molecular weight is 237 g/mol. The highest BCUT2D eigenvalue weighted by atomic mass is 32.2. The molecule has 0 aromatic heterocycles. The molecule has 16 heavy (non-hydrogen) atoms. The number of allylic oxidation sites excluding steroid dienone is 2. The molecule has 0 radical (unpaired) electrons. The van der Waals surface area contributed by atoms with Gasteiger partial charge in [0.05, 0.1) is 18.7 Å². The summed E-state index contributed by atoms with van der Waals surface area (Å²) in [5, 5.41) is 5.01. The minimum atomic E-state index is -0.229. The number of carbonyl (C=O) groups excluding carboxylic acids is 1. The van der Waals surface area contributed by atoms with Crippen molar-refractivity contribution >= 4 is 17.7 Å². The van der Waals surface area contributed by atoms with E-state index in [9.17, 15) is 4.79 Å². The highest BCUT2D eigenvalue weighted by Gasteiger charge is 2.13. The van der Waals surface area contributed by atoms with E-state index in [1.807, 2.05) is 5.41 Å². The molecule has 0 spiro atoms. The van der Waals surface area contributed by atoms with Crippen LogP contribution in [0.2, 0.25) is 0 Å². The fourth-order valence-electron chi connectivity index (χ4n) is 1.23. The normalized spacial score (nSPS) is 14.9. The van der Waals surface area contributed by atoms with Gasteiger partial charge in [-0.05, 0) is 18.4 Å². The number of ether oxygens (including phenoxy) is 1. The van der Waals surface area contributed by atoms with Crippen molar-refractivity contribution in [2.75, 3.05) is 6.61 Å². The van der Waals surface area contributed by atoms with Gasteiger partial charge in [0.1, 0.15) is 0 Å². The predicted molar refractivity (Wildman–Crippen MR) is 67.5 cm³/mol. The van der Waals surface area contributed by atoms with Gasteiger partial charge in [0, 0.05) is 10.6 Å². The molecule has 0 atom stereocenters. The number of hydrogen-bond donors (Lipinski definition) is 1. The minimum Gasteiger partial charge on any atom is -0.466 e. The van der Waals surface area contributed by atoms with Gasteiger partial charge in [-0.25, -0.2) is 0 Å². The maximum absolute atomic E-state index is 11.3. The number of rotatable bonds is 5. The second kappa shape index (κ2) is 6.23. The Bertz CT molecular complexity index is 369. The zero-order valence-corrected chi connectivity index (χ0v) is 10.1. The van der Waals surface area contributed by atoms with Crippen LogP contribution in [0.15, 0.2) is 47.0 Å². The summed E-state index contributed by atoms with van der Waals surface area (Å²) in [5.74, 6) is -0.229.